The summed E-state index contributed by atoms with van der Waals surface area (Å²) in [5, 5.41) is 12.9. The Balaban J connectivity index is 2.46. The van der Waals surface area contributed by atoms with E-state index in [2.05, 4.69) is 25.2 Å². The summed E-state index contributed by atoms with van der Waals surface area (Å²) in [6.45, 7) is 7.75. The van der Waals surface area contributed by atoms with Crippen molar-refractivity contribution in [3.05, 3.63) is 59.7 Å². The van der Waals surface area contributed by atoms with E-state index in [4.69, 9.17) is 0 Å². The van der Waals surface area contributed by atoms with Gasteiger partial charge in [-0.3, -0.25) is 4.79 Å². The van der Waals surface area contributed by atoms with Gasteiger partial charge < -0.3 is 10.4 Å². The number of nitrogens with one attached hydrogen (secondary N) is 1. The highest BCUT2D eigenvalue weighted by atomic mass is 16.4. The molecule has 3 heteroatoms. The van der Waals surface area contributed by atoms with Gasteiger partial charge in [-0.2, -0.15) is 0 Å². The highest BCUT2D eigenvalue weighted by Crippen LogP contribution is 2.34. The summed E-state index contributed by atoms with van der Waals surface area (Å²) in [7, 11) is 0. The smallest absolute Gasteiger partial charge is 0.313 e. The molecule has 0 aliphatic rings. The van der Waals surface area contributed by atoms with E-state index in [1.54, 1.807) is 13.8 Å². The van der Waals surface area contributed by atoms with Gasteiger partial charge in [-0.15, -0.1) is 0 Å². The second-order valence-electron chi connectivity index (χ2n) is 6.34. The van der Waals surface area contributed by atoms with Gasteiger partial charge in [0.25, 0.3) is 0 Å². The van der Waals surface area contributed by atoms with Gasteiger partial charge in [0.05, 0.1) is 5.41 Å². The molecule has 2 aromatic rings. The lowest BCUT2D eigenvalue weighted by molar-refractivity contribution is -0.142. The van der Waals surface area contributed by atoms with E-state index in [0.29, 0.717) is 5.92 Å². The molecule has 0 aliphatic carbocycles. The van der Waals surface area contributed by atoms with Crippen LogP contribution in [0.25, 0.3) is 0 Å². The zero-order chi connectivity index (χ0) is 16.3. The zero-order valence-corrected chi connectivity index (χ0v) is 13.6. The third kappa shape index (κ3) is 3.14. The normalized spacial score (nSPS) is 11.5. The van der Waals surface area contributed by atoms with Gasteiger partial charge in [-0.1, -0.05) is 50.2 Å². The molecule has 2 rings (SSSR count). The minimum atomic E-state index is -0.948. The van der Waals surface area contributed by atoms with Gasteiger partial charge in [-0.05, 0) is 43.0 Å². The molecule has 0 spiro atoms. The summed E-state index contributed by atoms with van der Waals surface area (Å²) in [4.78, 5) is 11.6. The number of benzene rings is 2. The van der Waals surface area contributed by atoms with Crippen LogP contribution in [0, 0.1) is 0 Å². The number of para-hydroxylation sites is 2. The maximum atomic E-state index is 11.6. The lowest BCUT2D eigenvalue weighted by atomic mass is 9.83. The first-order chi connectivity index (χ1) is 10.3. The van der Waals surface area contributed by atoms with Crippen molar-refractivity contribution in [2.45, 2.75) is 39.0 Å². The molecule has 0 atom stereocenters. The SMILES string of the molecule is CC(C)c1ccccc1Nc1ccccc1C(C)(C)C(=O)O. The Morgan fingerprint density at radius 3 is 2.14 bits per heavy atom. The van der Waals surface area contributed by atoms with Crippen LogP contribution >= 0.6 is 0 Å². The molecule has 0 aliphatic heterocycles. The summed E-state index contributed by atoms with van der Waals surface area (Å²) in [5.41, 5.74) is 2.90. The summed E-state index contributed by atoms with van der Waals surface area (Å²) >= 11 is 0. The molecule has 0 heterocycles. The van der Waals surface area contributed by atoms with Crippen LogP contribution in [-0.4, -0.2) is 11.1 Å². The van der Waals surface area contributed by atoms with Gasteiger partial charge in [0.2, 0.25) is 0 Å². The fourth-order valence-corrected chi connectivity index (χ4v) is 2.51. The van der Waals surface area contributed by atoms with Crippen LogP contribution in [0.4, 0.5) is 11.4 Å². The second-order valence-corrected chi connectivity index (χ2v) is 6.34. The zero-order valence-electron chi connectivity index (χ0n) is 13.6. The minimum Gasteiger partial charge on any atom is -0.481 e. The Hall–Kier alpha value is -2.29. The first kappa shape index (κ1) is 16.1. The Morgan fingerprint density at radius 1 is 1.00 bits per heavy atom. The van der Waals surface area contributed by atoms with Gasteiger partial charge >= 0.3 is 5.97 Å². The van der Waals surface area contributed by atoms with E-state index in [1.165, 1.54) is 5.56 Å². The molecule has 0 fully saturated rings. The summed E-state index contributed by atoms with van der Waals surface area (Å²) in [5.74, 6) is -0.442. The Labute approximate surface area is 132 Å². The van der Waals surface area contributed by atoms with E-state index in [0.717, 1.165) is 16.9 Å². The molecule has 0 unspecified atom stereocenters. The average Bonchev–Trinajstić information content (AvgIpc) is 2.47. The quantitative estimate of drug-likeness (QED) is 0.824. The molecule has 3 nitrogen and oxygen atoms in total. The predicted octanol–water partition coefficient (Wildman–Crippen LogP) is 4.92. The van der Waals surface area contributed by atoms with E-state index in [1.807, 2.05) is 42.5 Å². The fourth-order valence-electron chi connectivity index (χ4n) is 2.51. The molecule has 2 aromatic carbocycles. The van der Waals surface area contributed by atoms with Crippen molar-refractivity contribution in [1.82, 2.24) is 0 Å². The summed E-state index contributed by atoms with van der Waals surface area (Å²) < 4.78 is 0. The maximum Gasteiger partial charge on any atom is 0.313 e. The molecular weight excluding hydrogens is 274 g/mol. The number of hydrogen-bond donors (Lipinski definition) is 2. The third-order valence-corrected chi connectivity index (χ3v) is 3.99. The molecule has 116 valence electrons. The number of carboxylic acids is 1. The number of hydrogen-bond acceptors (Lipinski definition) is 2. The third-order valence-electron chi connectivity index (χ3n) is 3.99. The van der Waals surface area contributed by atoms with Crippen molar-refractivity contribution in [3.63, 3.8) is 0 Å². The van der Waals surface area contributed by atoms with Gasteiger partial charge in [-0.25, -0.2) is 0 Å². The maximum absolute atomic E-state index is 11.6. The van der Waals surface area contributed by atoms with Gasteiger partial charge in [0.15, 0.2) is 0 Å². The molecular formula is C19H23NO2. The van der Waals surface area contributed by atoms with Crippen LogP contribution in [-0.2, 0) is 10.2 Å². The molecule has 22 heavy (non-hydrogen) atoms. The van der Waals surface area contributed by atoms with Crippen molar-refractivity contribution in [3.8, 4) is 0 Å². The molecule has 0 bridgehead atoms. The van der Waals surface area contributed by atoms with Crippen molar-refractivity contribution in [2.24, 2.45) is 0 Å². The molecule has 0 saturated carbocycles. The van der Waals surface area contributed by atoms with Crippen LogP contribution in [0.2, 0.25) is 0 Å². The lowest BCUT2D eigenvalue weighted by Crippen LogP contribution is -2.29. The second kappa shape index (κ2) is 6.22. The van der Waals surface area contributed by atoms with Crippen molar-refractivity contribution in [1.29, 1.82) is 0 Å². The van der Waals surface area contributed by atoms with Crippen LogP contribution in [0.5, 0.6) is 0 Å². The fraction of sp³-hybridized carbons (Fsp3) is 0.316. The predicted molar refractivity (Wildman–Crippen MR) is 90.9 cm³/mol. The van der Waals surface area contributed by atoms with Crippen molar-refractivity contribution in [2.75, 3.05) is 5.32 Å². The largest absolute Gasteiger partial charge is 0.481 e. The van der Waals surface area contributed by atoms with Gasteiger partial charge in [0, 0.05) is 11.4 Å². The Morgan fingerprint density at radius 2 is 1.55 bits per heavy atom. The highest BCUT2D eigenvalue weighted by molar-refractivity contribution is 5.84. The van der Waals surface area contributed by atoms with Crippen LogP contribution in [0.3, 0.4) is 0 Å². The molecule has 0 amide bonds. The monoisotopic (exact) mass is 297 g/mol. The van der Waals surface area contributed by atoms with E-state index >= 15 is 0 Å². The average molecular weight is 297 g/mol. The number of carboxylic acid groups (broad SMARTS) is 1. The molecule has 2 N–H and O–H groups in total. The van der Waals surface area contributed by atoms with E-state index in [-0.39, 0.29) is 0 Å². The highest BCUT2D eigenvalue weighted by Gasteiger charge is 2.31. The summed E-state index contributed by atoms with van der Waals surface area (Å²) in [6, 6.07) is 15.7. The van der Waals surface area contributed by atoms with Crippen molar-refractivity contribution < 1.29 is 9.90 Å². The van der Waals surface area contributed by atoms with Crippen LogP contribution in [0.15, 0.2) is 48.5 Å². The van der Waals surface area contributed by atoms with Crippen LogP contribution < -0.4 is 5.32 Å². The molecule has 0 radical (unpaired) electrons. The molecule has 0 saturated heterocycles. The standard InChI is InChI=1S/C19H23NO2/c1-13(2)14-9-5-7-11-16(14)20-17-12-8-6-10-15(17)19(3,4)18(21)22/h5-13,20H,1-4H3,(H,21,22). The van der Waals surface area contributed by atoms with E-state index < -0.39 is 11.4 Å². The number of carbonyl (C=O) groups is 1. The topological polar surface area (TPSA) is 49.3 Å². The minimum absolute atomic E-state index is 0.392. The first-order valence-electron chi connectivity index (χ1n) is 7.53. The van der Waals surface area contributed by atoms with Crippen LogP contribution in [0.1, 0.15) is 44.7 Å². The first-order valence-corrected chi connectivity index (χ1v) is 7.53. The number of aliphatic carboxylic acids is 1. The summed E-state index contributed by atoms with van der Waals surface area (Å²) in [6.07, 6.45) is 0. The number of rotatable bonds is 5. The van der Waals surface area contributed by atoms with Gasteiger partial charge in [0.1, 0.15) is 0 Å². The number of anilines is 2. The lowest BCUT2D eigenvalue weighted by Gasteiger charge is -2.24. The van der Waals surface area contributed by atoms with E-state index in [9.17, 15) is 9.90 Å². The Bertz CT molecular complexity index is 675. The van der Waals surface area contributed by atoms with Crippen molar-refractivity contribution >= 4 is 17.3 Å². The Kier molecular flexibility index (Phi) is 4.55. The molecule has 0 aromatic heterocycles.